The highest BCUT2D eigenvalue weighted by Crippen LogP contribution is 2.35. The number of ether oxygens (including phenoxy) is 2. The maximum Gasteiger partial charge on any atom is 0.410 e. The van der Waals surface area contributed by atoms with E-state index in [0.717, 1.165) is 5.56 Å². The van der Waals surface area contributed by atoms with Gasteiger partial charge in [0, 0.05) is 25.0 Å². The highest BCUT2D eigenvalue weighted by atomic mass is 16.6. The minimum atomic E-state index is -1.01. The van der Waals surface area contributed by atoms with E-state index in [0.29, 0.717) is 31.2 Å². The quantitative estimate of drug-likeness (QED) is 0.748. The monoisotopic (exact) mass is 406 g/mol. The number of likely N-dealkylation sites (tertiary alicyclic amines) is 1. The number of aryl methyl sites for hydroxylation is 1. The molecule has 1 amide bonds. The lowest BCUT2D eigenvalue weighted by molar-refractivity contribution is -0.151. The molecule has 2 rings (SSSR count). The number of carbonyl (C=O) groups is 3. The number of rotatable bonds is 5. The Kier molecular flexibility index (Phi) is 6.87. The number of aromatic nitrogens is 1. The van der Waals surface area contributed by atoms with Gasteiger partial charge in [0.2, 0.25) is 0 Å². The number of methoxy groups -OCH3 is 1. The molecule has 0 spiro atoms. The van der Waals surface area contributed by atoms with Gasteiger partial charge in [0.25, 0.3) is 0 Å². The van der Waals surface area contributed by atoms with Gasteiger partial charge in [-0.3, -0.25) is 9.78 Å². The van der Waals surface area contributed by atoms with Gasteiger partial charge < -0.3 is 19.5 Å². The number of hydrogen-bond acceptors (Lipinski definition) is 6. The summed E-state index contributed by atoms with van der Waals surface area (Å²) in [6.45, 7) is 7.06. The Morgan fingerprint density at radius 3 is 2.62 bits per heavy atom. The average molecular weight is 406 g/mol. The van der Waals surface area contributed by atoms with E-state index in [-0.39, 0.29) is 12.6 Å². The lowest BCUT2D eigenvalue weighted by Gasteiger charge is -2.43. The van der Waals surface area contributed by atoms with Crippen LogP contribution in [-0.2, 0) is 20.7 Å². The van der Waals surface area contributed by atoms with Crippen LogP contribution in [0.2, 0.25) is 0 Å². The number of carboxylic acids is 1. The van der Waals surface area contributed by atoms with E-state index in [9.17, 15) is 19.5 Å². The van der Waals surface area contributed by atoms with Crippen LogP contribution in [0.25, 0.3) is 0 Å². The Morgan fingerprint density at radius 2 is 2.03 bits per heavy atom. The summed E-state index contributed by atoms with van der Waals surface area (Å²) in [4.78, 5) is 42.1. The first kappa shape index (κ1) is 22.6. The van der Waals surface area contributed by atoms with E-state index < -0.39 is 29.0 Å². The summed E-state index contributed by atoms with van der Waals surface area (Å²) in [6, 6.07) is 1.41. The van der Waals surface area contributed by atoms with E-state index in [1.165, 1.54) is 18.2 Å². The van der Waals surface area contributed by atoms with E-state index in [4.69, 9.17) is 9.47 Å². The molecule has 1 aliphatic heterocycles. The number of carboxylic acid groups (broad SMARTS) is 1. The number of aliphatic carboxylic acids is 1. The SMILES string of the molecule is COC(=O)c1ccncc1CCC1CCC(C)(C(=O)O)CN1C(=O)OC(C)(C)C. The van der Waals surface area contributed by atoms with Crippen LogP contribution in [0.3, 0.4) is 0 Å². The summed E-state index contributed by atoms with van der Waals surface area (Å²) in [7, 11) is 1.32. The molecule has 2 atom stereocenters. The number of nitrogens with zero attached hydrogens (tertiary/aromatic N) is 2. The predicted molar refractivity (Wildman–Crippen MR) is 106 cm³/mol. The fourth-order valence-electron chi connectivity index (χ4n) is 3.49. The fourth-order valence-corrected chi connectivity index (χ4v) is 3.49. The van der Waals surface area contributed by atoms with Crippen molar-refractivity contribution in [3.8, 4) is 0 Å². The van der Waals surface area contributed by atoms with Gasteiger partial charge in [-0.05, 0) is 65.0 Å². The molecule has 1 N–H and O–H groups in total. The van der Waals surface area contributed by atoms with Crippen molar-refractivity contribution >= 4 is 18.0 Å². The van der Waals surface area contributed by atoms with Gasteiger partial charge in [0.05, 0.1) is 18.1 Å². The van der Waals surface area contributed by atoms with Crippen molar-refractivity contribution in [3.05, 3.63) is 29.6 Å². The van der Waals surface area contributed by atoms with Crippen LogP contribution in [0.1, 0.15) is 62.9 Å². The maximum absolute atomic E-state index is 12.8. The van der Waals surface area contributed by atoms with Crippen LogP contribution >= 0.6 is 0 Å². The molecule has 2 heterocycles. The molecule has 2 unspecified atom stereocenters. The Bertz CT molecular complexity index is 773. The smallest absolute Gasteiger partial charge is 0.410 e. The number of esters is 1. The Morgan fingerprint density at radius 1 is 1.34 bits per heavy atom. The standard InChI is InChI=1S/C21H30N2O6/c1-20(2,3)29-19(27)23-13-21(4,18(25)26)10-8-15(23)7-6-14-12-22-11-9-16(14)17(24)28-5/h9,11-12,15H,6-8,10,13H2,1-5H3,(H,25,26). The summed E-state index contributed by atoms with van der Waals surface area (Å²) in [6.07, 6.45) is 4.69. The number of amides is 1. The molecule has 0 radical (unpaired) electrons. The Hall–Kier alpha value is -2.64. The number of hydrogen-bond donors (Lipinski definition) is 1. The molecule has 1 aromatic rings. The van der Waals surface area contributed by atoms with Gasteiger partial charge in [-0.15, -0.1) is 0 Å². The van der Waals surface area contributed by atoms with Crippen molar-refractivity contribution in [2.75, 3.05) is 13.7 Å². The van der Waals surface area contributed by atoms with E-state index in [1.54, 1.807) is 40.0 Å². The molecule has 0 saturated carbocycles. The minimum absolute atomic E-state index is 0.0822. The molecule has 1 saturated heterocycles. The van der Waals surface area contributed by atoms with Crippen LogP contribution < -0.4 is 0 Å². The Labute approximate surface area is 171 Å². The third-order valence-electron chi connectivity index (χ3n) is 5.19. The summed E-state index contributed by atoms with van der Waals surface area (Å²) in [5, 5.41) is 9.61. The maximum atomic E-state index is 12.8. The van der Waals surface area contributed by atoms with Crippen molar-refractivity contribution in [1.29, 1.82) is 0 Å². The minimum Gasteiger partial charge on any atom is -0.481 e. The first-order chi connectivity index (χ1) is 13.5. The summed E-state index contributed by atoms with van der Waals surface area (Å²) >= 11 is 0. The van der Waals surface area contributed by atoms with Crippen molar-refractivity contribution < 1.29 is 29.0 Å². The lowest BCUT2D eigenvalue weighted by atomic mass is 9.78. The first-order valence-electron chi connectivity index (χ1n) is 9.71. The topological polar surface area (TPSA) is 106 Å². The number of piperidine rings is 1. The van der Waals surface area contributed by atoms with Crippen molar-refractivity contribution in [2.45, 2.75) is 65.0 Å². The number of carbonyl (C=O) groups excluding carboxylic acids is 2. The van der Waals surface area contributed by atoms with Crippen molar-refractivity contribution in [2.24, 2.45) is 5.41 Å². The van der Waals surface area contributed by atoms with Crippen LogP contribution in [0.4, 0.5) is 4.79 Å². The van der Waals surface area contributed by atoms with Crippen molar-refractivity contribution in [1.82, 2.24) is 9.88 Å². The second-order valence-electron chi connectivity index (χ2n) is 8.73. The Balaban J connectivity index is 2.20. The van der Waals surface area contributed by atoms with Crippen LogP contribution in [0.5, 0.6) is 0 Å². The molecule has 0 bridgehead atoms. The van der Waals surface area contributed by atoms with Gasteiger partial charge in [-0.25, -0.2) is 9.59 Å². The van der Waals surface area contributed by atoms with Crippen LogP contribution in [-0.4, -0.2) is 58.3 Å². The highest BCUT2D eigenvalue weighted by molar-refractivity contribution is 5.90. The zero-order chi connectivity index (χ0) is 21.8. The second kappa shape index (κ2) is 8.80. The van der Waals surface area contributed by atoms with E-state index in [1.807, 2.05) is 0 Å². The summed E-state index contributed by atoms with van der Waals surface area (Å²) in [5.41, 5.74) is -0.522. The molecular formula is C21H30N2O6. The molecule has 29 heavy (non-hydrogen) atoms. The van der Waals surface area contributed by atoms with E-state index in [2.05, 4.69) is 4.98 Å². The molecule has 1 aliphatic rings. The normalized spacial score (nSPS) is 22.1. The highest BCUT2D eigenvalue weighted by Gasteiger charge is 2.44. The second-order valence-corrected chi connectivity index (χ2v) is 8.73. The average Bonchev–Trinajstić information content (AvgIpc) is 2.65. The molecule has 8 heteroatoms. The molecule has 160 valence electrons. The molecule has 0 aliphatic carbocycles. The van der Waals surface area contributed by atoms with Gasteiger partial charge in [0.1, 0.15) is 5.60 Å². The lowest BCUT2D eigenvalue weighted by Crippen LogP contribution is -2.54. The molecule has 1 aromatic heterocycles. The summed E-state index contributed by atoms with van der Waals surface area (Å²) < 4.78 is 10.3. The van der Waals surface area contributed by atoms with Crippen molar-refractivity contribution in [3.63, 3.8) is 0 Å². The van der Waals surface area contributed by atoms with Gasteiger partial charge in [-0.2, -0.15) is 0 Å². The number of pyridine rings is 1. The summed E-state index contributed by atoms with van der Waals surface area (Å²) in [5.74, 6) is -1.36. The first-order valence-corrected chi connectivity index (χ1v) is 9.71. The van der Waals surface area contributed by atoms with Gasteiger partial charge >= 0.3 is 18.0 Å². The molecular weight excluding hydrogens is 376 g/mol. The van der Waals surface area contributed by atoms with E-state index >= 15 is 0 Å². The zero-order valence-electron chi connectivity index (χ0n) is 17.7. The largest absolute Gasteiger partial charge is 0.481 e. The van der Waals surface area contributed by atoms with Crippen LogP contribution in [0.15, 0.2) is 18.5 Å². The fraction of sp³-hybridized carbons (Fsp3) is 0.619. The molecule has 0 aromatic carbocycles. The third-order valence-corrected chi connectivity index (χ3v) is 5.19. The molecule has 1 fully saturated rings. The van der Waals surface area contributed by atoms with Gasteiger partial charge in [0.15, 0.2) is 0 Å². The molecule has 8 nitrogen and oxygen atoms in total. The third kappa shape index (κ3) is 5.68. The zero-order valence-corrected chi connectivity index (χ0v) is 17.7. The van der Waals surface area contributed by atoms with Crippen LogP contribution in [0, 0.1) is 5.41 Å². The van der Waals surface area contributed by atoms with Gasteiger partial charge in [-0.1, -0.05) is 0 Å². The predicted octanol–water partition coefficient (Wildman–Crippen LogP) is 3.29.